The van der Waals surface area contributed by atoms with Crippen molar-refractivity contribution in [2.24, 2.45) is 0 Å². The fraction of sp³-hybridized carbons (Fsp3) is 0.222. The fourth-order valence-corrected chi connectivity index (χ4v) is 2.59. The van der Waals surface area contributed by atoms with Crippen LogP contribution in [-0.2, 0) is 6.18 Å². The van der Waals surface area contributed by atoms with Crippen LogP contribution in [0.5, 0.6) is 0 Å². The maximum absolute atomic E-state index is 12.7. The minimum Gasteiger partial charge on any atom is -0.293 e. The predicted molar refractivity (Wildman–Crippen MR) is 67.3 cm³/mol. The Morgan fingerprint density at radius 1 is 1.44 bits per heavy atom. The molecule has 0 aromatic heterocycles. The van der Waals surface area contributed by atoms with E-state index in [0.717, 1.165) is 0 Å². The zero-order valence-electron chi connectivity index (χ0n) is 7.54. The molecule has 1 aromatic rings. The van der Waals surface area contributed by atoms with E-state index >= 15 is 0 Å². The molecule has 0 atom stereocenters. The molecule has 7 heteroatoms. The van der Waals surface area contributed by atoms with E-state index in [1.807, 2.05) is 0 Å². The zero-order chi connectivity index (χ0) is 12.5. The van der Waals surface area contributed by atoms with Crippen molar-refractivity contribution in [3.63, 3.8) is 0 Å². The third-order valence-electron chi connectivity index (χ3n) is 1.76. The first-order valence-electron chi connectivity index (χ1n) is 3.92. The van der Waals surface area contributed by atoms with Gasteiger partial charge in [-0.2, -0.15) is 13.2 Å². The SMILES string of the molecule is O=C(CBr)c1cc(I)cc(Cl)c1C(F)(F)F. The topological polar surface area (TPSA) is 17.1 Å². The molecular weight excluding hydrogens is 423 g/mol. The summed E-state index contributed by atoms with van der Waals surface area (Å²) in [6, 6.07) is 2.36. The Balaban J connectivity index is 3.51. The Morgan fingerprint density at radius 2 is 2.00 bits per heavy atom. The van der Waals surface area contributed by atoms with Gasteiger partial charge in [-0.3, -0.25) is 4.79 Å². The lowest BCUT2D eigenvalue weighted by Crippen LogP contribution is -2.15. The van der Waals surface area contributed by atoms with Gasteiger partial charge >= 0.3 is 6.18 Å². The number of Topliss-reactive ketones (excluding diaryl/α,β-unsaturated/α-hetero) is 1. The quantitative estimate of drug-likeness (QED) is 0.385. The highest BCUT2D eigenvalue weighted by molar-refractivity contribution is 14.1. The average Bonchev–Trinajstić information content (AvgIpc) is 2.12. The molecule has 1 rings (SSSR count). The van der Waals surface area contributed by atoms with Crippen molar-refractivity contribution in [1.82, 2.24) is 0 Å². The van der Waals surface area contributed by atoms with Gasteiger partial charge in [0.25, 0.3) is 0 Å². The third kappa shape index (κ3) is 3.10. The number of hydrogen-bond acceptors (Lipinski definition) is 1. The van der Waals surface area contributed by atoms with Crippen LogP contribution >= 0.6 is 50.1 Å². The van der Waals surface area contributed by atoms with Crippen molar-refractivity contribution in [2.45, 2.75) is 6.18 Å². The number of hydrogen-bond donors (Lipinski definition) is 0. The highest BCUT2D eigenvalue weighted by atomic mass is 127. The van der Waals surface area contributed by atoms with E-state index in [1.165, 1.54) is 12.1 Å². The van der Waals surface area contributed by atoms with Crippen LogP contribution in [0.2, 0.25) is 5.02 Å². The van der Waals surface area contributed by atoms with Gasteiger partial charge in [-0.1, -0.05) is 27.5 Å². The van der Waals surface area contributed by atoms with E-state index in [9.17, 15) is 18.0 Å². The van der Waals surface area contributed by atoms with Crippen LogP contribution in [0.25, 0.3) is 0 Å². The third-order valence-corrected chi connectivity index (χ3v) is 3.19. The number of carbonyl (C=O) groups excluding carboxylic acids is 1. The summed E-state index contributed by atoms with van der Waals surface area (Å²) in [4.78, 5) is 11.4. The van der Waals surface area contributed by atoms with Gasteiger partial charge in [0.05, 0.1) is 15.9 Å². The number of benzene rings is 1. The first kappa shape index (κ1) is 14.2. The molecule has 0 saturated carbocycles. The molecule has 0 saturated heterocycles. The predicted octanol–water partition coefficient (Wildman–Crippen LogP) is 4.54. The first-order chi connectivity index (χ1) is 7.27. The number of alkyl halides is 4. The Hall–Kier alpha value is 0.180. The van der Waals surface area contributed by atoms with Gasteiger partial charge in [0.2, 0.25) is 0 Å². The smallest absolute Gasteiger partial charge is 0.293 e. The van der Waals surface area contributed by atoms with Gasteiger partial charge in [0.1, 0.15) is 0 Å². The van der Waals surface area contributed by atoms with Crippen molar-refractivity contribution in [3.05, 3.63) is 31.9 Å². The zero-order valence-corrected chi connectivity index (χ0v) is 12.0. The lowest BCUT2D eigenvalue weighted by atomic mass is 10.0. The molecule has 0 bridgehead atoms. The number of ketones is 1. The van der Waals surface area contributed by atoms with Crippen molar-refractivity contribution in [2.75, 3.05) is 5.33 Å². The van der Waals surface area contributed by atoms with Crippen molar-refractivity contribution < 1.29 is 18.0 Å². The summed E-state index contributed by atoms with van der Waals surface area (Å²) < 4.78 is 38.5. The minimum absolute atomic E-state index is 0.174. The summed E-state index contributed by atoms with van der Waals surface area (Å²) in [5.74, 6) is -0.646. The second kappa shape index (κ2) is 5.22. The first-order valence-corrected chi connectivity index (χ1v) is 6.50. The average molecular weight is 427 g/mol. The summed E-state index contributed by atoms with van der Waals surface area (Å²) >= 11 is 10.2. The molecule has 0 N–H and O–H groups in total. The number of halogens is 6. The lowest BCUT2D eigenvalue weighted by Gasteiger charge is -2.13. The minimum atomic E-state index is -4.63. The molecule has 0 heterocycles. The fourth-order valence-electron chi connectivity index (χ4n) is 1.15. The summed E-state index contributed by atoms with van der Waals surface area (Å²) in [6.45, 7) is 0. The second-order valence-corrected chi connectivity index (χ2v) is 5.08. The molecule has 1 aromatic carbocycles. The van der Waals surface area contributed by atoms with E-state index in [0.29, 0.717) is 3.57 Å². The molecule has 1 nitrogen and oxygen atoms in total. The van der Waals surface area contributed by atoms with E-state index in [-0.39, 0.29) is 5.33 Å². The molecular formula is C9H4BrClF3IO. The van der Waals surface area contributed by atoms with E-state index in [1.54, 1.807) is 22.6 Å². The van der Waals surface area contributed by atoms with E-state index in [4.69, 9.17) is 11.6 Å². The highest BCUT2D eigenvalue weighted by Crippen LogP contribution is 2.38. The van der Waals surface area contributed by atoms with Gasteiger partial charge in [-0.05, 0) is 34.7 Å². The van der Waals surface area contributed by atoms with Crippen LogP contribution in [0.15, 0.2) is 12.1 Å². The Labute approximate surface area is 117 Å². The van der Waals surface area contributed by atoms with Crippen LogP contribution < -0.4 is 0 Å². The van der Waals surface area contributed by atoms with E-state index < -0.39 is 28.1 Å². The van der Waals surface area contributed by atoms with Crippen LogP contribution in [0.4, 0.5) is 13.2 Å². The molecule has 16 heavy (non-hydrogen) atoms. The maximum Gasteiger partial charge on any atom is 0.418 e. The molecule has 0 fully saturated rings. The molecule has 0 aliphatic rings. The van der Waals surface area contributed by atoms with Crippen LogP contribution in [0.1, 0.15) is 15.9 Å². The van der Waals surface area contributed by atoms with Crippen molar-refractivity contribution in [1.29, 1.82) is 0 Å². The molecule has 0 radical (unpaired) electrons. The van der Waals surface area contributed by atoms with Gasteiger partial charge in [0, 0.05) is 9.13 Å². The molecule has 0 aliphatic heterocycles. The van der Waals surface area contributed by atoms with Crippen LogP contribution in [-0.4, -0.2) is 11.1 Å². The molecule has 0 spiro atoms. The highest BCUT2D eigenvalue weighted by Gasteiger charge is 2.37. The summed E-state index contributed by atoms with van der Waals surface area (Å²) in [5, 5.41) is -0.629. The summed E-state index contributed by atoms with van der Waals surface area (Å²) in [7, 11) is 0. The normalized spacial score (nSPS) is 11.6. The maximum atomic E-state index is 12.7. The Morgan fingerprint density at radius 3 is 2.44 bits per heavy atom. The van der Waals surface area contributed by atoms with Gasteiger partial charge < -0.3 is 0 Å². The van der Waals surface area contributed by atoms with Crippen molar-refractivity contribution >= 4 is 55.9 Å². The standard InChI is InChI=1S/C9H4BrClF3IO/c10-3-7(16)5-1-4(15)2-6(11)8(5)9(12,13)14/h1-2H,3H2. The largest absolute Gasteiger partial charge is 0.418 e. The van der Waals surface area contributed by atoms with Crippen LogP contribution in [0, 0.1) is 3.57 Å². The number of rotatable bonds is 2. The second-order valence-electron chi connectivity index (χ2n) is 2.86. The molecule has 88 valence electrons. The van der Waals surface area contributed by atoms with Gasteiger partial charge in [-0.15, -0.1) is 0 Å². The van der Waals surface area contributed by atoms with Crippen molar-refractivity contribution in [3.8, 4) is 0 Å². The van der Waals surface area contributed by atoms with Gasteiger partial charge in [0.15, 0.2) is 5.78 Å². The van der Waals surface area contributed by atoms with Crippen LogP contribution in [0.3, 0.4) is 0 Å². The monoisotopic (exact) mass is 426 g/mol. The molecule has 0 aliphatic carbocycles. The summed E-state index contributed by atoms with van der Waals surface area (Å²) in [5.41, 5.74) is -1.47. The molecule has 0 unspecified atom stereocenters. The van der Waals surface area contributed by atoms with E-state index in [2.05, 4.69) is 15.9 Å². The number of carbonyl (C=O) groups is 1. The van der Waals surface area contributed by atoms with Gasteiger partial charge in [-0.25, -0.2) is 0 Å². The lowest BCUT2D eigenvalue weighted by molar-refractivity contribution is -0.137. The Bertz CT molecular complexity index is 433. The summed E-state index contributed by atoms with van der Waals surface area (Å²) in [6.07, 6.45) is -4.63. The molecule has 0 amide bonds. The Kier molecular flexibility index (Phi) is 4.65.